The molecule has 0 aromatic carbocycles. The predicted molar refractivity (Wildman–Crippen MR) is 96.5 cm³/mol. The van der Waals surface area contributed by atoms with Crippen LogP contribution in [0.4, 0.5) is 0 Å². The van der Waals surface area contributed by atoms with Crippen LogP contribution in [0.25, 0.3) is 0 Å². The van der Waals surface area contributed by atoms with E-state index in [1.54, 1.807) is 34.8 Å². The lowest BCUT2D eigenvalue weighted by molar-refractivity contribution is 0.0738. The normalized spacial score (nSPS) is 10.7. The Kier molecular flexibility index (Phi) is 5.05. The van der Waals surface area contributed by atoms with Gasteiger partial charge in [0.15, 0.2) is 5.78 Å². The molecule has 0 spiro atoms. The number of carbonyl (C=O) groups excluding carboxylic acids is 2. The molecule has 0 fully saturated rings. The average Bonchev–Trinajstić information content (AvgIpc) is 3.28. The molecular weight excluding hydrogens is 346 g/mol. The minimum Gasteiger partial charge on any atom is -0.328 e. The Bertz CT molecular complexity index is 752. The first-order valence-electron chi connectivity index (χ1n) is 7.08. The first-order chi connectivity index (χ1) is 11.1. The molecule has 23 heavy (non-hydrogen) atoms. The summed E-state index contributed by atoms with van der Waals surface area (Å²) in [5.74, 6) is -0.0265. The fraction of sp³-hybridized carbons (Fsp3) is 0.176. The van der Waals surface area contributed by atoms with Crippen LogP contribution in [0.1, 0.15) is 36.0 Å². The molecule has 0 aliphatic heterocycles. The molecule has 0 radical (unpaired) electrons. The number of carbonyl (C=O) groups is 2. The molecule has 0 saturated carbocycles. The third kappa shape index (κ3) is 3.96. The van der Waals surface area contributed by atoms with Crippen LogP contribution >= 0.6 is 34.0 Å². The second-order valence-corrected chi connectivity index (χ2v) is 8.19. The molecule has 0 aliphatic rings. The van der Waals surface area contributed by atoms with Crippen molar-refractivity contribution in [2.45, 2.75) is 20.0 Å². The van der Waals surface area contributed by atoms with Crippen LogP contribution in [0.2, 0.25) is 0 Å². The first-order valence-corrected chi connectivity index (χ1v) is 9.66. The average molecular weight is 362 g/mol. The number of Topliss-reactive ketones (excluding diaryl/α,β-unsaturated/α-hetero) is 1. The molecule has 3 nitrogen and oxygen atoms in total. The van der Waals surface area contributed by atoms with Gasteiger partial charge in [-0.05, 0) is 41.9 Å². The summed E-state index contributed by atoms with van der Waals surface area (Å²) in [6.45, 7) is 2.69. The number of hydrogen-bond acceptors (Lipinski definition) is 5. The maximum absolute atomic E-state index is 12.9. The van der Waals surface area contributed by atoms with E-state index in [2.05, 4.69) is 0 Å². The van der Waals surface area contributed by atoms with Crippen LogP contribution in [0, 0.1) is 0 Å². The lowest BCUT2D eigenvalue weighted by Crippen LogP contribution is -2.28. The quantitative estimate of drug-likeness (QED) is 0.585. The fourth-order valence-electron chi connectivity index (χ4n) is 2.18. The lowest BCUT2D eigenvalue weighted by Gasteiger charge is -2.20. The summed E-state index contributed by atoms with van der Waals surface area (Å²) in [6.07, 6.45) is 0. The topological polar surface area (TPSA) is 37.4 Å². The van der Waals surface area contributed by atoms with Crippen LogP contribution < -0.4 is 0 Å². The van der Waals surface area contributed by atoms with E-state index in [0.29, 0.717) is 22.8 Å². The van der Waals surface area contributed by atoms with Gasteiger partial charge < -0.3 is 4.90 Å². The number of hydrogen-bond donors (Lipinski definition) is 0. The van der Waals surface area contributed by atoms with Crippen molar-refractivity contribution in [3.8, 4) is 0 Å². The van der Waals surface area contributed by atoms with Crippen LogP contribution in [0.15, 0.2) is 47.2 Å². The maximum Gasteiger partial charge on any atom is 0.264 e. The highest BCUT2D eigenvalue weighted by Gasteiger charge is 2.20. The molecule has 3 heterocycles. The van der Waals surface area contributed by atoms with Gasteiger partial charge in [0.05, 0.1) is 22.8 Å². The van der Waals surface area contributed by atoms with Crippen molar-refractivity contribution in [2.75, 3.05) is 0 Å². The molecule has 0 unspecified atom stereocenters. The highest BCUT2D eigenvalue weighted by Crippen LogP contribution is 2.23. The molecule has 3 aromatic heterocycles. The Morgan fingerprint density at radius 1 is 0.913 bits per heavy atom. The van der Waals surface area contributed by atoms with Gasteiger partial charge in [0.2, 0.25) is 0 Å². The summed E-state index contributed by atoms with van der Waals surface area (Å²) in [5.41, 5.74) is 0. The molecule has 3 rings (SSSR count). The highest BCUT2D eigenvalue weighted by atomic mass is 32.1. The second kappa shape index (κ2) is 7.21. The molecule has 6 heteroatoms. The van der Waals surface area contributed by atoms with Gasteiger partial charge in [-0.1, -0.05) is 12.1 Å². The van der Waals surface area contributed by atoms with Crippen LogP contribution in [-0.2, 0) is 13.1 Å². The number of nitrogens with zero attached hydrogens (tertiary/aromatic N) is 1. The van der Waals surface area contributed by atoms with Crippen LogP contribution in [0.5, 0.6) is 0 Å². The number of rotatable bonds is 6. The molecular formula is C17H15NO2S3. The Morgan fingerprint density at radius 3 is 1.91 bits per heavy atom. The van der Waals surface area contributed by atoms with Gasteiger partial charge in [-0.25, -0.2) is 0 Å². The third-order valence-electron chi connectivity index (χ3n) is 3.30. The van der Waals surface area contributed by atoms with Gasteiger partial charge in [-0.15, -0.1) is 34.0 Å². The molecule has 0 N–H and O–H groups in total. The summed E-state index contributed by atoms with van der Waals surface area (Å²) in [6, 6.07) is 11.5. The lowest BCUT2D eigenvalue weighted by atomic mass is 10.3. The summed E-state index contributed by atoms with van der Waals surface area (Å²) in [5, 5.41) is 4.03. The minimum absolute atomic E-state index is 0.00267. The molecule has 3 aromatic rings. The van der Waals surface area contributed by atoms with E-state index in [1.807, 2.05) is 39.9 Å². The second-order valence-electron chi connectivity index (χ2n) is 5.04. The van der Waals surface area contributed by atoms with E-state index in [1.165, 1.54) is 18.3 Å². The van der Waals surface area contributed by atoms with Crippen molar-refractivity contribution >= 4 is 45.7 Å². The van der Waals surface area contributed by atoms with E-state index < -0.39 is 0 Å². The molecule has 0 aliphatic carbocycles. The van der Waals surface area contributed by atoms with E-state index in [4.69, 9.17) is 0 Å². The van der Waals surface area contributed by atoms with Crippen molar-refractivity contribution in [1.29, 1.82) is 0 Å². The first kappa shape index (κ1) is 16.1. The molecule has 0 bridgehead atoms. The Labute approximate surface area is 146 Å². The Morgan fingerprint density at radius 2 is 1.48 bits per heavy atom. The van der Waals surface area contributed by atoms with Gasteiger partial charge in [-0.3, -0.25) is 9.59 Å². The zero-order valence-corrected chi connectivity index (χ0v) is 15.0. The molecule has 1 amide bonds. The van der Waals surface area contributed by atoms with Gasteiger partial charge >= 0.3 is 0 Å². The summed E-state index contributed by atoms with van der Waals surface area (Å²) >= 11 is 4.56. The highest BCUT2D eigenvalue weighted by molar-refractivity contribution is 7.16. The largest absolute Gasteiger partial charge is 0.328 e. The van der Waals surface area contributed by atoms with Crippen molar-refractivity contribution < 1.29 is 9.59 Å². The SMILES string of the molecule is CC(=O)c1ccc(C(=O)N(Cc2cccs2)Cc2cccs2)s1. The Hall–Kier alpha value is -1.76. The third-order valence-corrected chi connectivity index (χ3v) is 6.20. The number of thiophene rings is 3. The van der Waals surface area contributed by atoms with Crippen LogP contribution in [-0.4, -0.2) is 16.6 Å². The van der Waals surface area contributed by atoms with Gasteiger partial charge in [0, 0.05) is 9.75 Å². The van der Waals surface area contributed by atoms with Crippen molar-refractivity contribution in [3.63, 3.8) is 0 Å². The van der Waals surface area contributed by atoms with Gasteiger partial charge in [0.1, 0.15) is 0 Å². The van der Waals surface area contributed by atoms with Gasteiger partial charge in [-0.2, -0.15) is 0 Å². The van der Waals surface area contributed by atoms with E-state index in [-0.39, 0.29) is 11.7 Å². The summed E-state index contributed by atoms with van der Waals surface area (Å²) in [7, 11) is 0. The van der Waals surface area contributed by atoms with E-state index in [0.717, 1.165) is 9.75 Å². The molecule has 0 atom stereocenters. The minimum atomic E-state index is -0.0238. The van der Waals surface area contributed by atoms with Crippen molar-refractivity contribution in [1.82, 2.24) is 4.90 Å². The summed E-state index contributed by atoms with van der Waals surface area (Å²) < 4.78 is 0. The Balaban J connectivity index is 1.83. The smallest absolute Gasteiger partial charge is 0.264 e. The monoisotopic (exact) mass is 361 g/mol. The maximum atomic E-state index is 12.9. The van der Waals surface area contributed by atoms with Crippen molar-refractivity contribution in [3.05, 3.63) is 66.7 Å². The zero-order chi connectivity index (χ0) is 16.2. The van der Waals surface area contributed by atoms with Crippen LogP contribution in [0.3, 0.4) is 0 Å². The molecule has 118 valence electrons. The standard InChI is InChI=1S/C17H15NO2S3/c1-12(19)15-6-7-16(23-15)17(20)18(10-13-4-2-8-21-13)11-14-5-3-9-22-14/h2-9H,10-11H2,1H3. The zero-order valence-electron chi connectivity index (χ0n) is 12.5. The van der Waals surface area contributed by atoms with E-state index in [9.17, 15) is 9.59 Å². The predicted octanol–water partition coefficient (Wildman–Crippen LogP) is 4.92. The molecule has 0 saturated heterocycles. The number of ketones is 1. The van der Waals surface area contributed by atoms with E-state index >= 15 is 0 Å². The van der Waals surface area contributed by atoms with Gasteiger partial charge in [0.25, 0.3) is 5.91 Å². The summed E-state index contributed by atoms with van der Waals surface area (Å²) in [4.78, 5) is 29.7. The number of amides is 1. The van der Waals surface area contributed by atoms with Crippen molar-refractivity contribution in [2.24, 2.45) is 0 Å². The fourth-order valence-corrected chi connectivity index (χ4v) is 4.49.